The third kappa shape index (κ3) is 2.21. The fraction of sp³-hybridized carbons (Fsp3) is 0.250. The molecule has 0 saturated heterocycles. The van der Waals surface area contributed by atoms with Gasteiger partial charge < -0.3 is 0 Å². The SMILES string of the molecule is Cc1cc(S(=O)(=O)N2c3ccccc3C[C@H]2C)ccc1F. The monoisotopic (exact) mass is 305 g/mol. The van der Waals surface area contributed by atoms with Crippen LogP contribution in [0.4, 0.5) is 10.1 Å². The van der Waals surface area contributed by atoms with E-state index in [1.54, 1.807) is 6.92 Å². The summed E-state index contributed by atoms with van der Waals surface area (Å²) >= 11 is 0. The van der Waals surface area contributed by atoms with Crippen molar-refractivity contribution in [2.45, 2.75) is 31.2 Å². The number of hydrogen-bond acceptors (Lipinski definition) is 2. The van der Waals surface area contributed by atoms with Gasteiger partial charge in [0.25, 0.3) is 10.0 Å². The van der Waals surface area contributed by atoms with Gasteiger partial charge in [0.2, 0.25) is 0 Å². The van der Waals surface area contributed by atoms with Crippen LogP contribution in [0.2, 0.25) is 0 Å². The van der Waals surface area contributed by atoms with E-state index in [-0.39, 0.29) is 10.9 Å². The van der Waals surface area contributed by atoms with Crippen molar-refractivity contribution < 1.29 is 12.8 Å². The molecule has 2 aromatic carbocycles. The molecule has 0 aliphatic carbocycles. The fourth-order valence-corrected chi connectivity index (χ4v) is 4.57. The highest BCUT2D eigenvalue weighted by atomic mass is 32.2. The highest BCUT2D eigenvalue weighted by Crippen LogP contribution is 2.36. The smallest absolute Gasteiger partial charge is 0.263 e. The quantitative estimate of drug-likeness (QED) is 0.854. The van der Waals surface area contributed by atoms with Gasteiger partial charge in [0.15, 0.2) is 0 Å². The van der Waals surface area contributed by atoms with Gasteiger partial charge >= 0.3 is 0 Å². The molecule has 0 spiro atoms. The number of para-hydroxylation sites is 1. The lowest BCUT2D eigenvalue weighted by Crippen LogP contribution is -2.35. The predicted octanol–water partition coefficient (Wildman–Crippen LogP) is 3.27. The molecule has 0 radical (unpaired) electrons. The van der Waals surface area contributed by atoms with Gasteiger partial charge in [-0.2, -0.15) is 0 Å². The number of halogens is 1. The minimum absolute atomic E-state index is 0.130. The number of anilines is 1. The van der Waals surface area contributed by atoms with Crippen LogP contribution in [0, 0.1) is 12.7 Å². The molecule has 5 heteroatoms. The third-order valence-corrected chi connectivity index (χ3v) is 5.76. The second kappa shape index (κ2) is 4.84. The van der Waals surface area contributed by atoms with E-state index in [1.807, 2.05) is 31.2 Å². The molecule has 3 nitrogen and oxygen atoms in total. The molecule has 2 aromatic rings. The van der Waals surface area contributed by atoms with Crippen LogP contribution in [0.15, 0.2) is 47.4 Å². The number of rotatable bonds is 2. The minimum atomic E-state index is -3.67. The fourth-order valence-electron chi connectivity index (χ4n) is 2.79. The van der Waals surface area contributed by atoms with Gasteiger partial charge in [0.1, 0.15) is 5.82 Å². The molecule has 0 fully saturated rings. The van der Waals surface area contributed by atoms with E-state index in [0.717, 1.165) is 5.56 Å². The highest BCUT2D eigenvalue weighted by molar-refractivity contribution is 7.92. The van der Waals surface area contributed by atoms with E-state index in [0.29, 0.717) is 17.7 Å². The number of hydrogen-bond donors (Lipinski definition) is 0. The molecule has 110 valence electrons. The van der Waals surface area contributed by atoms with Gasteiger partial charge in [-0.15, -0.1) is 0 Å². The maximum absolute atomic E-state index is 13.4. The molecule has 0 N–H and O–H groups in total. The van der Waals surface area contributed by atoms with Gasteiger partial charge in [-0.3, -0.25) is 4.31 Å². The van der Waals surface area contributed by atoms with E-state index >= 15 is 0 Å². The Morgan fingerprint density at radius 2 is 1.90 bits per heavy atom. The highest BCUT2D eigenvalue weighted by Gasteiger charge is 2.35. The first-order valence-corrected chi connectivity index (χ1v) is 8.24. The van der Waals surface area contributed by atoms with Crippen molar-refractivity contribution in [3.8, 4) is 0 Å². The summed E-state index contributed by atoms with van der Waals surface area (Å²) in [4.78, 5) is 0.130. The van der Waals surface area contributed by atoms with Gasteiger partial charge in [0, 0.05) is 6.04 Å². The first-order chi connectivity index (χ1) is 9.91. The maximum atomic E-state index is 13.4. The summed E-state index contributed by atoms with van der Waals surface area (Å²) in [6, 6.07) is 11.3. The van der Waals surface area contributed by atoms with Crippen molar-refractivity contribution in [2.24, 2.45) is 0 Å². The van der Waals surface area contributed by atoms with Crippen molar-refractivity contribution in [2.75, 3.05) is 4.31 Å². The summed E-state index contributed by atoms with van der Waals surface area (Å²) in [5.41, 5.74) is 2.07. The summed E-state index contributed by atoms with van der Waals surface area (Å²) in [5.74, 6) is -0.399. The van der Waals surface area contributed by atoms with Crippen LogP contribution < -0.4 is 4.31 Å². The molecule has 0 aromatic heterocycles. The second-order valence-corrected chi connectivity index (χ2v) is 7.21. The van der Waals surface area contributed by atoms with Gasteiger partial charge in [0.05, 0.1) is 10.6 Å². The lowest BCUT2D eigenvalue weighted by molar-refractivity contribution is 0.582. The summed E-state index contributed by atoms with van der Waals surface area (Å²) in [7, 11) is -3.67. The zero-order valence-electron chi connectivity index (χ0n) is 11.9. The summed E-state index contributed by atoms with van der Waals surface area (Å²) in [6.45, 7) is 3.45. The zero-order chi connectivity index (χ0) is 15.2. The minimum Gasteiger partial charge on any atom is -0.263 e. The molecule has 0 amide bonds. The molecular weight excluding hydrogens is 289 g/mol. The predicted molar refractivity (Wildman–Crippen MR) is 80.4 cm³/mol. The molecule has 1 atom stereocenters. The van der Waals surface area contributed by atoms with E-state index in [2.05, 4.69) is 0 Å². The van der Waals surface area contributed by atoms with Crippen molar-refractivity contribution >= 4 is 15.7 Å². The molecule has 0 saturated carbocycles. The van der Waals surface area contributed by atoms with Crippen LogP contribution in [0.1, 0.15) is 18.1 Å². The van der Waals surface area contributed by atoms with Crippen molar-refractivity contribution in [3.63, 3.8) is 0 Å². The summed E-state index contributed by atoms with van der Waals surface area (Å²) < 4.78 is 40.6. The second-order valence-electron chi connectivity index (χ2n) is 5.39. The average Bonchev–Trinajstić information content (AvgIpc) is 2.78. The van der Waals surface area contributed by atoms with Crippen LogP contribution in [0.5, 0.6) is 0 Å². The number of aryl methyl sites for hydroxylation is 1. The Balaban J connectivity index is 2.12. The first-order valence-electron chi connectivity index (χ1n) is 6.80. The van der Waals surface area contributed by atoms with E-state index in [1.165, 1.54) is 22.5 Å². The Hall–Kier alpha value is -1.88. The average molecular weight is 305 g/mol. The Morgan fingerprint density at radius 3 is 2.62 bits per heavy atom. The Bertz CT molecular complexity index is 802. The number of nitrogens with zero attached hydrogens (tertiary/aromatic N) is 1. The third-order valence-electron chi connectivity index (χ3n) is 3.83. The van der Waals surface area contributed by atoms with Crippen molar-refractivity contribution in [3.05, 3.63) is 59.4 Å². The molecular formula is C16H16FNO2S. The topological polar surface area (TPSA) is 37.4 Å². The molecule has 1 aliphatic heterocycles. The summed E-state index contributed by atoms with van der Waals surface area (Å²) in [6.07, 6.45) is 0.690. The first kappa shape index (κ1) is 14.1. The van der Waals surface area contributed by atoms with Gasteiger partial charge in [-0.25, -0.2) is 12.8 Å². The van der Waals surface area contributed by atoms with Crippen LogP contribution in [-0.4, -0.2) is 14.5 Å². The summed E-state index contributed by atoms with van der Waals surface area (Å²) in [5, 5.41) is 0. The van der Waals surface area contributed by atoms with Gasteiger partial charge in [-0.1, -0.05) is 18.2 Å². The van der Waals surface area contributed by atoms with E-state index in [9.17, 15) is 12.8 Å². The number of fused-ring (bicyclic) bond motifs is 1. The number of sulfonamides is 1. The molecule has 1 heterocycles. The van der Waals surface area contributed by atoms with Crippen LogP contribution >= 0.6 is 0 Å². The Labute approximate surface area is 124 Å². The van der Waals surface area contributed by atoms with Crippen molar-refractivity contribution in [1.82, 2.24) is 0 Å². The normalized spacial score (nSPS) is 17.9. The Morgan fingerprint density at radius 1 is 1.19 bits per heavy atom. The standard InChI is InChI=1S/C16H16FNO2S/c1-11-9-14(7-8-15(11)17)21(19,20)18-12(2)10-13-5-3-4-6-16(13)18/h3-9,12H,10H2,1-2H3/t12-/m1/s1. The van der Waals surface area contributed by atoms with Crippen LogP contribution in [0.3, 0.4) is 0 Å². The molecule has 21 heavy (non-hydrogen) atoms. The van der Waals surface area contributed by atoms with Crippen LogP contribution in [-0.2, 0) is 16.4 Å². The molecule has 1 aliphatic rings. The maximum Gasteiger partial charge on any atom is 0.264 e. The molecule has 3 rings (SSSR count). The van der Waals surface area contributed by atoms with E-state index < -0.39 is 15.8 Å². The lowest BCUT2D eigenvalue weighted by atomic mass is 10.1. The van der Waals surface area contributed by atoms with E-state index in [4.69, 9.17) is 0 Å². The Kier molecular flexibility index (Phi) is 3.24. The lowest BCUT2D eigenvalue weighted by Gasteiger charge is -2.24. The molecule has 0 unspecified atom stereocenters. The van der Waals surface area contributed by atoms with Crippen LogP contribution in [0.25, 0.3) is 0 Å². The zero-order valence-corrected chi connectivity index (χ0v) is 12.7. The van der Waals surface area contributed by atoms with Crippen molar-refractivity contribution in [1.29, 1.82) is 0 Å². The largest absolute Gasteiger partial charge is 0.264 e. The number of benzene rings is 2. The van der Waals surface area contributed by atoms with Gasteiger partial charge in [-0.05, 0) is 55.7 Å². The molecule has 0 bridgehead atoms.